The highest BCUT2D eigenvalue weighted by atomic mass is 35.5. The SMILES string of the molecule is CCC(C)NC(=O)c1ccc(NC)s1.Cl. The van der Waals surface area contributed by atoms with Crippen molar-refractivity contribution in [1.82, 2.24) is 5.32 Å². The quantitative estimate of drug-likeness (QED) is 0.860. The zero-order chi connectivity index (χ0) is 10.6. The molecule has 1 atom stereocenters. The lowest BCUT2D eigenvalue weighted by molar-refractivity contribution is 0.0943. The molecular formula is C10H17ClN2OS. The number of anilines is 1. The fourth-order valence-corrected chi connectivity index (χ4v) is 1.75. The second-order valence-corrected chi connectivity index (χ2v) is 4.28. The van der Waals surface area contributed by atoms with Crippen LogP contribution in [0.25, 0.3) is 0 Å². The van der Waals surface area contributed by atoms with Gasteiger partial charge in [-0.25, -0.2) is 0 Å². The predicted molar refractivity (Wildman–Crippen MR) is 68.3 cm³/mol. The highest BCUT2D eigenvalue weighted by molar-refractivity contribution is 7.17. The van der Waals surface area contributed by atoms with Crippen LogP contribution in [0.3, 0.4) is 0 Å². The van der Waals surface area contributed by atoms with Crippen molar-refractivity contribution in [2.45, 2.75) is 26.3 Å². The molecule has 1 unspecified atom stereocenters. The van der Waals surface area contributed by atoms with E-state index in [0.29, 0.717) is 0 Å². The molecule has 0 aliphatic heterocycles. The van der Waals surface area contributed by atoms with E-state index in [0.717, 1.165) is 16.3 Å². The third-order valence-electron chi connectivity index (χ3n) is 2.07. The highest BCUT2D eigenvalue weighted by Crippen LogP contribution is 2.20. The number of thiophene rings is 1. The smallest absolute Gasteiger partial charge is 0.261 e. The molecule has 5 heteroatoms. The molecule has 86 valence electrons. The average molecular weight is 249 g/mol. The molecule has 0 saturated heterocycles. The van der Waals surface area contributed by atoms with Crippen LogP contribution in [0.1, 0.15) is 29.9 Å². The van der Waals surface area contributed by atoms with E-state index in [-0.39, 0.29) is 24.4 Å². The Morgan fingerprint density at radius 3 is 2.67 bits per heavy atom. The Balaban J connectivity index is 0.00000196. The van der Waals surface area contributed by atoms with E-state index in [1.54, 1.807) is 0 Å². The first kappa shape index (κ1) is 14.3. The minimum absolute atomic E-state index is 0. The molecule has 1 aromatic rings. The first-order valence-corrected chi connectivity index (χ1v) is 5.57. The van der Waals surface area contributed by atoms with Crippen molar-refractivity contribution >= 4 is 34.7 Å². The van der Waals surface area contributed by atoms with Crippen LogP contribution in [0.5, 0.6) is 0 Å². The summed E-state index contributed by atoms with van der Waals surface area (Å²) in [5.41, 5.74) is 0. The van der Waals surface area contributed by atoms with Gasteiger partial charge in [0.2, 0.25) is 0 Å². The van der Waals surface area contributed by atoms with Crippen LogP contribution < -0.4 is 10.6 Å². The molecule has 0 aliphatic carbocycles. The molecule has 3 nitrogen and oxygen atoms in total. The van der Waals surface area contributed by atoms with Crippen LogP contribution >= 0.6 is 23.7 Å². The molecule has 1 aromatic heterocycles. The van der Waals surface area contributed by atoms with Crippen molar-refractivity contribution in [3.05, 3.63) is 17.0 Å². The van der Waals surface area contributed by atoms with Crippen LogP contribution in [0, 0.1) is 0 Å². The number of hydrogen-bond donors (Lipinski definition) is 2. The van der Waals surface area contributed by atoms with Crippen molar-refractivity contribution in [1.29, 1.82) is 0 Å². The molecule has 0 aliphatic rings. The van der Waals surface area contributed by atoms with Crippen LogP contribution in [-0.4, -0.2) is 19.0 Å². The van der Waals surface area contributed by atoms with Gasteiger partial charge in [-0.3, -0.25) is 4.79 Å². The second kappa shape index (κ2) is 6.69. The zero-order valence-electron chi connectivity index (χ0n) is 9.16. The normalized spacial score (nSPS) is 11.4. The minimum atomic E-state index is 0. The predicted octanol–water partition coefficient (Wildman–Crippen LogP) is 2.74. The lowest BCUT2D eigenvalue weighted by Crippen LogP contribution is -2.31. The van der Waals surface area contributed by atoms with E-state index in [9.17, 15) is 4.79 Å². The molecular weight excluding hydrogens is 232 g/mol. The topological polar surface area (TPSA) is 41.1 Å². The van der Waals surface area contributed by atoms with Gasteiger partial charge in [-0.1, -0.05) is 6.92 Å². The number of carbonyl (C=O) groups excluding carboxylic acids is 1. The Bertz CT molecular complexity index is 314. The summed E-state index contributed by atoms with van der Waals surface area (Å²) in [7, 11) is 1.85. The Morgan fingerprint density at radius 2 is 2.20 bits per heavy atom. The zero-order valence-corrected chi connectivity index (χ0v) is 10.8. The van der Waals surface area contributed by atoms with Crippen LogP contribution in [0.2, 0.25) is 0 Å². The van der Waals surface area contributed by atoms with Crippen molar-refractivity contribution in [3.8, 4) is 0 Å². The maximum absolute atomic E-state index is 11.6. The van der Waals surface area contributed by atoms with Gasteiger partial charge in [-0.05, 0) is 25.5 Å². The number of nitrogens with one attached hydrogen (secondary N) is 2. The van der Waals surface area contributed by atoms with Gasteiger partial charge in [0.25, 0.3) is 5.91 Å². The Morgan fingerprint density at radius 1 is 1.53 bits per heavy atom. The summed E-state index contributed by atoms with van der Waals surface area (Å²) in [5, 5.41) is 6.95. The van der Waals surface area contributed by atoms with Gasteiger partial charge in [-0.2, -0.15) is 0 Å². The summed E-state index contributed by atoms with van der Waals surface area (Å²) < 4.78 is 0. The van der Waals surface area contributed by atoms with E-state index in [1.807, 2.05) is 26.1 Å². The maximum Gasteiger partial charge on any atom is 0.261 e. The number of carbonyl (C=O) groups is 1. The monoisotopic (exact) mass is 248 g/mol. The Kier molecular flexibility index (Phi) is 6.36. The third-order valence-corrected chi connectivity index (χ3v) is 3.17. The lowest BCUT2D eigenvalue weighted by Gasteiger charge is -2.09. The largest absolute Gasteiger partial charge is 0.380 e. The van der Waals surface area contributed by atoms with Gasteiger partial charge < -0.3 is 10.6 Å². The molecule has 1 rings (SSSR count). The molecule has 0 fully saturated rings. The Labute approximate surface area is 101 Å². The summed E-state index contributed by atoms with van der Waals surface area (Å²) in [5.74, 6) is 0.0193. The first-order valence-electron chi connectivity index (χ1n) is 4.75. The second-order valence-electron chi connectivity index (χ2n) is 3.20. The van der Waals surface area contributed by atoms with Crippen molar-refractivity contribution in [2.24, 2.45) is 0 Å². The molecule has 1 amide bonds. The van der Waals surface area contributed by atoms with Gasteiger partial charge in [-0.15, -0.1) is 23.7 Å². The van der Waals surface area contributed by atoms with Gasteiger partial charge in [0.1, 0.15) is 0 Å². The summed E-state index contributed by atoms with van der Waals surface area (Å²) in [4.78, 5) is 12.4. The van der Waals surface area contributed by atoms with Gasteiger partial charge in [0.05, 0.1) is 9.88 Å². The average Bonchev–Trinajstić information content (AvgIpc) is 2.65. The standard InChI is InChI=1S/C10H16N2OS.ClH/c1-4-7(2)12-10(13)8-5-6-9(11-3)14-8;/h5-7,11H,4H2,1-3H3,(H,12,13);1H. The van der Waals surface area contributed by atoms with Gasteiger partial charge in [0.15, 0.2) is 0 Å². The van der Waals surface area contributed by atoms with E-state index < -0.39 is 0 Å². The molecule has 0 saturated carbocycles. The number of rotatable bonds is 4. The Hall–Kier alpha value is -0.740. The summed E-state index contributed by atoms with van der Waals surface area (Å²) >= 11 is 1.47. The van der Waals surface area contributed by atoms with Crippen LogP contribution in [0.4, 0.5) is 5.00 Å². The molecule has 0 bridgehead atoms. The lowest BCUT2D eigenvalue weighted by atomic mass is 10.2. The van der Waals surface area contributed by atoms with Gasteiger partial charge in [0, 0.05) is 13.1 Å². The van der Waals surface area contributed by atoms with Crippen molar-refractivity contribution in [3.63, 3.8) is 0 Å². The molecule has 0 spiro atoms. The number of hydrogen-bond acceptors (Lipinski definition) is 3. The molecule has 0 radical (unpaired) electrons. The van der Waals surface area contributed by atoms with Crippen molar-refractivity contribution in [2.75, 3.05) is 12.4 Å². The molecule has 15 heavy (non-hydrogen) atoms. The summed E-state index contributed by atoms with van der Waals surface area (Å²) in [6, 6.07) is 3.99. The van der Waals surface area contributed by atoms with Gasteiger partial charge >= 0.3 is 0 Å². The fourth-order valence-electron chi connectivity index (χ4n) is 0.991. The molecule has 2 N–H and O–H groups in total. The molecule has 1 heterocycles. The van der Waals surface area contributed by atoms with E-state index in [4.69, 9.17) is 0 Å². The van der Waals surface area contributed by atoms with E-state index >= 15 is 0 Å². The number of amides is 1. The first-order chi connectivity index (χ1) is 6.67. The fraction of sp³-hybridized carbons (Fsp3) is 0.500. The van der Waals surface area contributed by atoms with Crippen LogP contribution in [-0.2, 0) is 0 Å². The minimum Gasteiger partial charge on any atom is -0.380 e. The highest BCUT2D eigenvalue weighted by Gasteiger charge is 2.10. The third kappa shape index (κ3) is 4.10. The summed E-state index contributed by atoms with van der Waals surface area (Å²) in [6.45, 7) is 4.06. The number of halogens is 1. The van der Waals surface area contributed by atoms with Crippen LogP contribution in [0.15, 0.2) is 12.1 Å². The van der Waals surface area contributed by atoms with E-state index in [2.05, 4.69) is 17.6 Å². The van der Waals surface area contributed by atoms with E-state index in [1.165, 1.54) is 11.3 Å². The maximum atomic E-state index is 11.6. The molecule has 0 aromatic carbocycles. The van der Waals surface area contributed by atoms with Crippen molar-refractivity contribution < 1.29 is 4.79 Å². The summed E-state index contributed by atoms with van der Waals surface area (Å²) in [6.07, 6.45) is 0.954.